The zero-order valence-corrected chi connectivity index (χ0v) is 7.93. The Morgan fingerprint density at radius 2 is 2.23 bits per heavy atom. The van der Waals surface area contributed by atoms with Gasteiger partial charge >= 0.3 is 5.97 Å². The average molecular weight is 200 g/mol. The van der Waals surface area contributed by atoms with Gasteiger partial charge in [-0.3, -0.25) is 4.79 Å². The molecular weight excluding hydrogens is 190 g/mol. The van der Waals surface area contributed by atoms with E-state index >= 15 is 0 Å². The molecule has 70 valence electrons. The van der Waals surface area contributed by atoms with Gasteiger partial charge in [0.1, 0.15) is 0 Å². The van der Waals surface area contributed by atoms with Crippen molar-refractivity contribution in [1.29, 1.82) is 0 Å². The van der Waals surface area contributed by atoms with E-state index in [1.165, 1.54) is 0 Å². The van der Waals surface area contributed by atoms with Gasteiger partial charge in [0.25, 0.3) is 0 Å². The van der Waals surface area contributed by atoms with Crippen molar-refractivity contribution in [2.75, 3.05) is 5.73 Å². The van der Waals surface area contributed by atoms with Gasteiger partial charge in [-0.25, -0.2) is 0 Å². The van der Waals surface area contributed by atoms with E-state index in [9.17, 15) is 4.79 Å². The summed E-state index contributed by atoms with van der Waals surface area (Å²) in [5.74, 6) is -0.871. The Labute approximate surface area is 81.1 Å². The second-order valence-corrected chi connectivity index (χ2v) is 3.20. The Bertz CT molecular complexity index is 350. The number of hydrogen-bond donors (Lipinski definition) is 2. The third-order valence-corrected chi connectivity index (χ3v) is 2.37. The number of anilines is 1. The highest BCUT2D eigenvalue weighted by Gasteiger charge is 2.08. The number of carbonyl (C=O) groups is 1. The highest BCUT2D eigenvalue weighted by atomic mass is 35.5. The van der Waals surface area contributed by atoms with Crippen LogP contribution in [0.15, 0.2) is 12.1 Å². The number of carboxylic acids is 1. The van der Waals surface area contributed by atoms with Crippen LogP contribution in [0.1, 0.15) is 11.1 Å². The van der Waals surface area contributed by atoms with Gasteiger partial charge in [-0.05, 0) is 24.1 Å². The molecule has 0 bridgehead atoms. The third-order valence-electron chi connectivity index (χ3n) is 1.87. The molecule has 1 rings (SSSR count). The molecule has 1 aromatic carbocycles. The Hall–Kier alpha value is -1.22. The van der Waals surface area contributed by atoms with E-state index < -0.39 is 5.97 Å². The van der Waals surface area contributed by atoms with Crippen molar-refractivity contribution in [2.24, 2.45) is 0 Å². The van der Waals surface area contributed by atoms with Crippen molar-refractivity contribution < 1.29 is 9.90 Å². The molecule has 0 spiro atoms. The van der Waals surface area contributed by atoms with E-state index in [0.29, 0.717) is 16.3 Å². The van der Waals surface area contributed by atoms with Crippen LogP contribution >= 0.6 is 11.6 Å². The average Bonchev–Trinajstić information content (AvgIpc) is 2.06. The molecule has 4 heteroatoms. The number of halogens is 1. The predicted molar refractivity (Wildman–Crippen MR) is 51.9 cm³/mol. The van der Waals surface area contributed by atoms with Gasteiger partial charge in [0, 0.05) is 0 Å². The monoisotopic (exact) mass is 199 g/mol. The normalized spacial score (nSPS) is 10.0. The molecule has 0 atom stereocenters. The van der Waals surface area contributed by atoms with E-state index in [2.05, 4.69) is 0 Å². The summed E-state index contributed by atoms with van der Waals surface area (Å²) in [5, 5.41) is 9.02. The minimum atomic E-state index is -0.871. The summed E-state index contributed by atoms with van der Waals surface area (Å²) in [5.41, 5.74) is 7.46. The number of aliphatic carboxylic acids is 1. The van der Waals surface area contributed by atoms with Crippen molar-refractivity contribution in [3.63, 3.8) is 0 Å². The molecule has 13 heavy (non-hydrogen) atoms. The molecule has 0 aromatic heterocycles. The lowest BCUT2D eigenvalue weighted by atomic mass is 10.1. The smallest absolute Gasteiger partial charge is 0.307 e. The van der Waals surface area contributed by atoms with Crippen LogP contribution in [0.2, 0.25) is 5.02 Å². The molecule has 0 aliphatic rings. The van der Waals surface area contributed by atoms with Crippen LogP contribution < -0.4 is 5.73 Å². The molecule has 3 nitrogen and oxygen atoms in total. The maximum atomic E-state index is 10.4. The number of nitrogens with two attached hydrogens (primary N) is 1. The summed E-state index contributed by atoms with van der Waals surface area (Å²) in [6, 6.07) is 3.30. The van der Waals surface area contributed by atoms with Gasteiger partial charge < -0.3 is 10.8 Å². The lowest BCUT2D eigenvalue weighted by molar-refractivity contribution is -0.136. The van der Waals surface area contributed by atoms with Gasteiger partial charge in [0.05, 0.1) is 17.1 Å². The van der Waals surface area contributed by atoms with Crippen LogP contribution in [-0.2, 0) is 11.2 Å². The standard InChI is InChI=1S/C9H10ClNO2/c1-5-6(4-8(12)13)2-3-7(11)9(5)10/h2-3H,4,11H2,1H3,(H,12,13). The zero-order valence-electron chi connectivity index (χ0n) is 7.17. The summed E-state index contributed by atoms with van der Waals surface area (Å²) in [6.45, 7) is 1.76. The van der Waals surface area contributed by atoms with Crippen LogP contribution in [0.4, 0.5) is 5.69 Å². The first-order valence-electron chi connectivity index (χ1n) is 3.77. The van der Waals surface area contributed by atoms with E-state index in [-0.39, 0.29) is 6.42 Å². The van der Waals surface area contributed by atoms with Crippen molar-refractivity contribution >= 4 is 23.3 Å². The molecule has 1 aromatic rings. The minimum absolute atomic E-state index is 0.0220. The summed E-state index contributed by atoms with van der Waals surface area (Å²) < 4.78 is 0. The van der Waals surface area contributed by atoms with Gasteiger partial charge in [0.15, 0.2) is 0 Å². The second-order valence-electron chi connectivity index (χ2n) is 2.82. The molecular formula is C9H10ClNO2. The number of carboxylic acid groups (broad SMARTS) is 1. The molecule has 0 heterocycles. The molecule has 0 saturated carbocycles. The summed E-state index contributed by atoms with van der Waals surface area (Å²) in [6.07, 6.45) is -0.0220. The summed E-state index contributed by atoms with van der Waals surface area (Å²) in [4.78, 5) is 10.4. The SMILES string of the molecule is Cc1c(CC(=O)O)ccc(N)c1Cl. The van der Waals surface area contributed by atoms with Crippen molar-refractivity contribution in [3.8, 4) is 0 Å². The molecule has 0 unspecified atom stereocenters. The number of rotatable bonds is 2. The molecule has 0 radical (unpaired) electrons. The molecule has 0 saturated heterocycles. The van der Waals surface area contributed by atoms with Gasteiger partial charge in [-0.1, -0.05) is 17.7 Å². The van der Waals surface area contributed by atoms with Crippen molar-refractivity contribution in [2.45, 2.75) is 13.3 Å². The molecule has 0 amide bonds. The van der Waals surface area contributed by atoms with Crippen LogP contribution in [0.25, 0.3) is 0 Å². The van der Waals surface area contributed by atoms with Crippen LogP contribution in [-0.4, -0.2) is 11.1 Å². The first-order valence-corrected chi connectivity index (χ1v) is 4.15. The fourth-order valence-electron chi connectivity index (χ4n) is 1.10. The highest BCUT2D eigenvalue weighted by Crippen LogP contribution is 2.25. The van der Waals surface area contributed by atoms with E-state index in [1.54, 1.807) is 19.1 Å². The summed E-state index contributed by atoms with van der Waals surface area (Å²) >= 11 is 5.85. The lowest BCUT2D eigenvalue weighted by Crippen LogP contribution is -2.03. The summed E-state index contributed by atoms with van der Waals surface area (Å²) in [7, 11) is 0. The quantitative estimate of drug-likeness (QED) is 0.715. The molecule has 0 aliphatic carbocycles. The Morgan fingerprint density at radius 3 is 2.77 bits per heavy atom. The van der Waals surface area contributed by atoms with Gasteiger partial charge in [-0.2, -0.15) is 0 Å². The molecule has 3 N–H and O–H groups in total. The van der Waals surface area contributed by atoms with E-state index in [4.69, 9.17) is 22.4 Å². The van der Waals surface area contributed by atoms with Crippen LogP contribution in [0.3, 0.4) is 0 Å². The van der Waals surface area contributed by atoms with Crippen molar-refractivity contribution in [3.05, 3.63) is 28.3 Å². The number of benzene rings is 1. The first-order chi connectivity index (χ1) is 6.02. The fraction of sp³-hybridized carbons (Fsp3) is 0.222. The van der Waals surface area contributed by atoms with Crippen molar-refractivity contribution in [1.82, 2.24) is 0 Å². The maximum absolute atomic E-state index is 10.4. The van der Waals surface area contributed by atoms with Gasteiger partial charge in [0.2, 0.25) is 0 Å². The Morgan fingerprint density at radius 1 is 1.62 bits per heavy atom. The Balaban J connectivity index is 3.10. The Kier molecular flexibility index (Phi) is 2.78. The number of nitrogen functional groups attached to an aromatic ring is 1. The second kappa shape index (κ2) is 3.66. The molecule has 0 fully saturated rings. The van der Waals surface area contributed by atoms with Crippen LogP contribution in [0, 0.1) is 6.92 Å². The largest absolute Gasteiger partial charge is 0.481 e. The van der Waals surface area contributed by atoms with Crippen LogP contribution in [0.5, 0.6) is 0 Å². The van der Waals surface area contributed by atoms with E-state index in [0.717, 1.165) is 5.56 Å². The highest BCUT2D eigenvalue weighted by molar-refractivity contribution is 6.33. The predicted octanol–water partition coefficient (Wildman–Crippen LogP) is 1.86. The minimum Gasteiger partial charge on any atom is -0.481 e. The number of hydrogen-bond acceptors (Lipinski definition) is 2. The third kappa shape index (κ3) is 2.12. The molecule has 0 aliphatic heterocycles. The van der Waals surface area contributed by atoms with E-state index in [1.807, 2.05) is 0 Å². The first kappa shape index (κ1) is 9.86. The topological polar surface area (TPSA) is 63.3 Å². The fourth-order valence-corrected chi connectivity index (χ4v) is 1.28. The maximum Gasteiger partial charge on any atom is 0.307 e. The lowest BCUT2D eigenvalue weighted by Gasteiger charge is -2.06. The van der Waals surface area contributed by atoms with Gasteiger partial charge in [-0.15, -0.1) is 0 Å². The zero-order chi connectivity index (χ0) is 10.0.